The number of ether oxygens (including phenoxy) is 2. The third kappa shape index (κ3) is 4.40. The van der Waals surface area contributed by atoms with Gasteiger partial charge in [0.1, 0.15) is 0 Å². The fourth-order valence-electron chi connectivity index (χ4n) is 4.62. The van der Waals surface area contributed by atoms with Crippen LogP contribution < -0.4 is 4.74 Å². The van der Waals surface area contributed by atoms with Crippen LogP contribution in [-0.2, 0) is 9.53 Å². The minimum absolute atomic E-state index is 0.0164. The molecule has 2 aliphatic rings. The van der Waals surface area contributed by atoms with Crippen LogP contribution in [0, 0.1) is 0 Å². The van der Waals surface area contributed by atoms with Crippen LogP contribution in [-0.4, -0.2) is 73.1 Å². The van der Waals surface area contributed by atoms with Gasteiger partial charge in [0.05, 0.1) is 31.9 Å². The van der Waals surface area contributed by atoms with E-state index in [0.29, 0.717) is 53.6 Å². The molecule has 5 rings (SSSR count). The molecule has 182 valence electrons. The van der Waals surface area contributed by atoms with Crippen molar-refractivity contribution in [3.8, 4) is 5.75 Å². The number of carbonyl (C=O) groups is 2. The van der Waals surface area contributed by atoms with Crippen LogP contribution in [0.3, 0.4) is 0 Å². The number of hydrogen-bond donors (Lipinski definition) is 1. The van der Waals surface area contributed by atoms with E-state index in [0.717, 1.165) is 13.1 Å². The van der Waals surface area contributed by atoms with Crippen molar-refractivity contribution in [2.24, 2.45) is 0 Å². The standard InChI is InChI=1S/C26H25ClN2O6/c1-33-19-4-2-3-17-15-20(35-25(17)19)23(30)21-22(16-5-7-18(27)8-6-16)29(26(32)24(21)31)10-9-28-11-13-34-14-12-28/h2-8,15,22,31H,9-14H2,1H3/t22-/m0/s1. The van der Waals surface area contributed by atoms with Gasteiger partial charge in [0.2, 0.25) is 5.78 Å². The molecule has 1 amide bonds. The third-order valence-corrected chi connectivity index (χ3v) is 6.70. The van der Waals surface area contributed by atoms with Crippen molar-refractivity contribution in [2.45, 2.75) is 6.04 Å². The van der Waals surface area contributed by atoms with E-state index >= 15 is 0 Å². The molecule has 9 heteroatoms. The SMILES string of the molecule is COc1cccc2cc(C(=O)C3=C(O)C(=O)N(CCN4CCOCC4)[C@H]3c3ccc(Cl)cc3)oc12. The number of rotatable bonds is 7. The monoisotopic (exact) mass is 496 g/mol. The van der Waals surface area contributed by atoms with Crippen LogP contribution in [0.4, 0.5) is 0 Å². The molecule has 8 nitrogen and oxygen atoms in total. The number of aliphatic hydroxyl groups excluding tert-OH is 1. The summed E-state index contributed by atoms with van der Waals surface area (Å²) >= 11 is 6.09. The number of aliphatic hydroxyl groups is 1. The largest absolute Gasteiger partial charge is 0.503 e. The van der Waals surface area contributed by atoms with E-state index in [1.165, 1.54) is 12.0 Å². The molecule has 0 aliphatic carbocycles. The average molecular weight is 497 g/mol. The van der Waals surface area contributed by atoms with Crippen LogP contribution in [0.2, 0.25) is 5.02 Å². The fourth-order valence-corrected chi connectivity index (χ4v) is 4.75. The highest BCUT2D eigenvalue weighted by Crippen LogP contribution is 2.40. The van der Waals surface area contributed by atoms with Crippen molar-refractivity contribution in [1.82, 2.24) is 9.80 Å². The summed E-state index contributed by atoms with van der Waals surface area (Å²) in [6, 6.07) is 13.1. The number of carbonyl (C=O) groups excluding carboxylic acids is 2. The smallest absolute Gasteiger partial charge is 0.290 e. The number of amides is 1. The Labute approximate surface area is 207 Å². The van der Waals surface area contributed by atoms with Crippen molar-refractivity contribution in [2.75, 3.05) is 46.5 Å². The fraction of sp³-hybridized carbons (Fsp3) is 0.308. The van der Waals surface area contributed by atoms with Gasteiger partial charge in [-0.3, -0.25) is 14.5 Å². The van der Waals surface area contributed by atoms with E-state index in [1.807, 2.05) is 0 Å². The van der Waals surface area contributed by atoms with E-state index in [4.69, 9.17) is 25.5 Å². The minimum atomic E-state index is -0.775. The first kappa shape index (κ1) is 23.4. The molecule has 1 saturated heterocycles. The summed E-state index contributed by atoms with van der Waals surface area (Å²) in [5.74, 6) is -1.20. The van der Waals surface area contributed by atoms with Crippen LogP contribution in [0.25, 0.3) is 11.0 Å². The van der Waals surface area contributed by atoms with E-state index in [1.54, 1.807) is 48.5 Å². The van der Waals surface area contributed by atoms with E-state index in [9.17, 15) is 14.7 Å². The molecule has 2 aromatic carbocycles. The minimum Gasteiger partial charge on any atom is -0.503 e. The summed E-state index contributed by atoms with van der Waals surface area (Å²) in [5, 5.41) is 12.1. The molecule has 0 saturated carbocycles. The molecule has 1 N–H and O–H groups in total. The van der Waals surface area contributed by atoms with Gasteiger partial charge in [-0.25, -0.2) is 0 Å². The zero-order valence-electron chi connectivity index (χ0n) is 19.2. The highest BCUT2D eigenvalue weighted by atomic mass is 35.5. The number of ketones is 1. The third-order valence-electron chi connectivity index (χ3n) is 6.45. The predicted molar refractivity (Wildman–Crippen MR) is 130 cm³/mol. The van der Waals surface area contributed by atoms with Gasteiger partial charge in [0.25, 0.3) is 5.91 Å². The Balaban J connectivity index is 1.51. The Morgan fingerprint density at radius 3 is 2.60 bits per heavy atom. The molecular weight excluding hydrogens is 472 g/mol. The van der Waals surface area contributed by atoms with Crippen LogP contribution in [0.1, 0.15) is 22.2 Å². The van der Waals surface area contributed by atoms with Crippen molar-refractivity contribution < 1.29 is 28.6 Å². The summed E-state index contributed by atoms with van der Waals surface area (Å²) < 4.78 is 16.6. The van der Waals surface area contributed by atoms with Gasteiger partial charge < -0.3 is 23.9 Å². The molecule has 1 atom stereocenters. The van der Waals surface area contributed by atoms with Gasteiger partial charge in [-0.15, -0.1) is 0 Å². The first-order chi connectivity index (χ1) is 17.0. The molecule has 2 aliphatic heterocycles. The first-order valence-electron chi connectivity index (χ1n) is 11.4. The van der Waals surface area contributed by atoms with Gasteiger partial charge in [-0.1, -0.05) is 35.9 Å². The van der Waals surface area contributed by atoms with Gasteiger partial charge in [0, 0.05) is 36.6 Å². The summed E-state index contributed by atoms with van der Waals surface area (Å²) in [5.41, 5.74) is 1.08. The van der Waals surface area contributed by atoms with Crippen LogP contribution in [0.5, 0.6) is 5.75 Å². The molecule has 35 heavy (non-hydrogen) atoms. The van der Waals surface area contributed by atoms with Gasteiger partial charge in [-0.2, -0.15) is 0 Å². The Morgan fingerprint density at radius 1 is 1.14 bits per heavy atom. The summed E-state index contributed by atoms with van der Waals surface area (Å²) in [6.07, 6.45) is 0. The van der Waals surface area contributed by atoms with Gasteiger partial charge in [0.15, 0.2) is 22.9 Å². The number of methoxy groups -OCH3 is 1. The van der Waals surface area contributed by atoms with Gasteiger partial charge >= 0.3 is 0 Å². The number of para-hydroxylation sites is 1. The Kier molecular flexibility index (Phi) is 6.51. The number of morpholine rings is 1. The predicted octanol–water partition coefficient (Wildman–Crippen LogP) is 4.01. The lowest BCUT2D eigenvalue weighted by atomic mass is 9.95. The molecule has 1 aromatic heterocycles. The van der Waals surface area contributed by atoms with E-state index < -0.39 is 23.5 Å². The number of Topliss-reactive ketones (excluding diaryl/α,β-unsaturated/α-hetero) is 1. The summed E-state index contributed by atoms with van der Waals surface area (Å²) in [7, 11) is 1.52. The number of hydrogen-bond acceptors (Lipinski definition) is 7. The quantitative estimate of drug-likeness (QED) is 0.494. The molecule has 3 aromatic rings. The van der Waals surface area contributed by atoms with E-state index in [-0.39, 0.29) is 11.3 Å². The zero-order valence-corrected chi connectivity index (χ0v) is 20.0. The number of halogens is 1. The van der Waals surface area contributed by atoms with Crippen molar-refractivity contribution in [3.05, 3.63) is 76.2 Å². The molecular formula is C26H25ClN2O6. The highest BCUT2D eigenvalue weighted by molar-refractivity contribution is 6.30. The molecule has 0 unspecified atom stereocenters. The van der Waals surface area contributed by atoms with Crippen molar-refractivity contribution in [1.29, 1.82) is 0 Å². The molecule has 0 spiro atoms. The number of benzene rings is 2. The lowest BCUT2D eigenvalue weighted by Gasteiger charge is -2.31. The molecule has 1 fully saturated rings. The zero-order chi connectivity index (χ0) is 24.5. The van der Waals surface area contributed by atoms with Crippen molar-refractivity contribution >= 4 is 34.3 Å². The molecule has 0 radical (unpaired) electrons. The maximum absolute atomic E-state index is 13.7. The van der Waals surface area contributed by atoms with E-state index in [2.05, 4.69) is 4.90 Å². The highest BCUT2D eigenvalue weighted by Gasteiger charge is 2.44. The number of fused-ring (bicyclic) bond motifs is 1. The lowest BCUT2D eigenvalue weighted by Crippen LogP contribution is -2.43. The Bertz CT molecular complexity index is 1290. The molecule has 3 heterocycles. The normalized spacial score (nSPS) is 19.1. The summed E-state index contributed by atoms with van der Waals surface area (Å²) in [6.45, 7) is 3.73. The van der Waals surface area contributed by atoms with Crippen LogP contribution in [0.15, 0.2) is 64.3 Å². The topological polar surface area (TPSA) is 92.5 Å². The first-order valence-corrected chi connectivity index (χ1v) is 11.8. The van der Waals surface area contributed by atoms with Crippen molar-refractivity contribution in [3.63, 3.8) is 0 Å². The Morgan fingerprint density at radius 2 is 1.89 bits per heavy atom. The lowest BCUT2D eigenvalue weighted by molar-refractivity contribution is -0.129. The second-order valence-corrected chi connectivity index (χ2v) is 8.92. The summed E-state index contributed by atoms with van der Waals surface area (Å²) in [4.78, 5) is 30.6. The number of furan rings is 1. The second-order valence-electron chi connectivity index (χ2n) is 8.49. The maximum Gasteiger partial charge on any atom is 0.290 e. The average Bonchev–Trinajstić information content (AvgIpc) is 3.43. The second kappa shape index (κ2) is 9.73. The maximum atomic E-state index is 13.7. The Hall–Kier alpha value is -3.33. The van der Waals surface area contributed by atoms with Gasteiger partial charge in [-0.05, 0) is 29.8 Å². The van der Waals surface area contributed by atoms with Crippen LogP contribution >= 0.6 is 11.6 Å². The number of nitrogens with zero attached hydrogens (tertiary/aromatic N) is 2. The molecule has 0 bridgehead atoms.